The lowest BCUT2D eigenvalue weighted by molar-refractivity contribution is 0.0651. The Kier molecular flexibility index (Phi) is 4.41. The molecule has 5 heteroatoms. The number of halogens is 1. The first kappa shape index (κ1) is 13.9. The molecule has 1 aromatic rings. The largest absolute Gasteiger partial charge is 0.336 e. The van der Waals surface area contributed by atoms with Crippen LogP contribution >= 0.6 is 11.6 Å². The Hall–Kier alpha value is -1.57. The molecule has 1 amide bonds. The summed E-state index contributed by atoms with van der Waals surface area (Å²) in [5.41, 5.74) is 1.61. The lowest BCUT2D eigenvalue weighted by Crippen LogP contribution is -2.48. The van der Waals surface area contributed by atoms with Gasteiger partial charge in [-0.3, -0.25) is 9.69 Å². The fourth-order valence-electron chi connectivity index (χ4n) is 2.25. The molecular weight excluding hydrogens is 262 g/mol. The molecule has 1 aromatic carbocycles. The molecule has 0 bridgehead atoms. The highest BCUT2D eigenvalue weighted by molar-refractivity contribution is 6.30. The average Bonchev–Trinajstić information content (AvgIpc) is 2.39. The molecule has 1 fully saturated rings. The highest BCUT2D eigenvalue weighted by Gasteiger charge is 2.22. The summed E-state index contributed by atoms with van der Waals surface area (Å²) in [5.74, 6) is 0.0470. The Morgan fingerprint density at radius 1 is 1.37 bits per heavy atom. The predicted octanol–water partition coefficient (Wildman–Crippen LogP) is 1.93. The third kappa shape index (κ3) is 3.25. The van der Waals surface area contributed by atoms with Gasteiger partial charge in [-0.05, 0) is 30.7 Å². The Labute approximate surface area is 118 Å². The summed E-state index contributed by atoms with van der Waals surface area (Å²) >= 11 is 5.90. The number of amides is 1. The van der Waals surface area contributed by atoms with E-state index in [0.717, 1.165) is 18.7 Å². The van der Waals surface area contributed by atoms with Crippen molar-refractivity contribution in [3.05, 3.63) is 34.3 Å². The summed E-state index contributed by atoms with van der Waals surface area (Å²) in [6.45, 7) is 5.18. The minimum atomic E-state index is 0.0470. The topological polar surface area (TPSA) is 47.3 Å². The Bertz CT molecular complexity index is 516. The Balaban J connectivity index is 2.03. The van der Waals surface area contributed by atoms with Crippen LogP contribution in [-0.2, 0) is 0 Å². The maximum Gasteiger partial charge on any atom is 0.254 e. The molecule has 1 heterocycles. The fourth-order valence-corrected chi connectivity index (χ4v) is 2.47. The van der Waals surface area contributed by atoms with Crippen LogP contribution in [0.2, 0.25) is 5.02 Å². The third-order valence-corrected chi connectivity index (χ3v) is 3.61. The molecule has 0 radical (unpaired) electrons. The molecule has 0 aromatic heterocycles. The number of aryl methyl sites for hydroxylation is 1. The normalized spacial score (nSPS) is 16.2. The van der Waals surface area contributed by atoms with Gasteiger partial charge >= 0.3 is 0 Å². The Morgan fingerprint density at radius 3 is 2.63 bits per heavy atom. The van der Waals surface area contributed by atoms with Crippen LogP contribution in [0.4, 0.5) is 0 Å². The molecule has 0 spiro atoms. The summed E-state index contributed by atoms with van der Waals surface area (Å²) in [6, 6.07) is 7.47. The number of nitriles is 1. The van der Waals surface area contributed by atoms with Crippen LogP contribution in [0.25, 0.3) is 0 Å². The highest BCUT2D eigenvalue weighted by Crippen LogP contribution is 2.17. The summed E-state index contributed by atoms with van der Waals surface area (Å²) < 4.78 is 0. The van der Waals surface area contributed by atoms with Crippen molar-refractivity contribution in [3.8, 4) is 6.07 Å². The van der Waals surface area contributed by atoms with E-state index in [1.54, 1.807) is 18.2 Å². The zero-order valence-corrected chi connectivity index (χ0v) is 11.7. The van der Waals surface area contributed by atoms with E-state index in [1.807, 2.05) is 11.8 Å². The van der Waals surface area contributed by atoms with Crippen molar-refractivity contribution in [1.82, 2.24) is 9.80 Å². The van der Waals surface area contributed by atoms with Gasteiger partial charge in [-0.1, -0.05) is 11.6 Å². The van der Waals surface area contributed by atoms with Gasteiger partial charge in [0.05, 0.1) is 12.6 Å². The number of rotatable bonds is 2. The van der Waals surface area contributed by atoms with E-state index < -0.39 is 0 Å². The van der Waals surface area contributed by atoms with E-state index in [0.29, 0.717) is 30.2 Å². The molecular formula is C14H16ClN3O. The van der Waals surface area contributed by atoms with E-state index in [-0.39, 0.29) is 5.91 Å². The van der Waals surface area contributed by atoms with Crippen molar-refractivity contribution in [3.63, 3.8) is 0 Å². The number of carbonyl (C=O) groups is 1. The first-order valence-corrected chi connectivity index (χ1v) is 6.64. The molecule has 1 aliphatic rings. The van der Waals surface area contributed by atoms with Crippen molar-refractivity contribution < 1.29 is 4.79 Å². The molecule has 1 aliphatic heterocycles. The maximum atomic E-state index is 12.4. The molecule has 100 valence electrons. The summed E-state index contributed by atoms with van der Waals surface area (Å²) in [6.07, 6.45) is 0. The van der Waals surface area contributed by atoms with Gasteiger partial charge in [0.2, 0.25) is 0 Å². The van der Waals surface area contributed by atoms with Crippen LogP contribution in [0, 0.1) is 18.3 Å². The second-order valence-corrected chi connectivity index (χ2v) is 5.12. The van der Waals surface area contributed by atoms with Crippen LogP contribution in [0.15, 0.2) is 18.2 Å². The molecule has 2 rings (SSSR count). The maximum absolute atomic E-state index is 12.4. The van der Waals surface area contributed by atoms with Gasteiger partial charge in [0, 0.05) is 36.8 Å². The number of carbonyl (C=O) groups excluding carboxylic acids is 1. The zero-order chi connectivity index (χ0) is 13.8. The first-order chi connectivity index (χ1) is 9.11. The minimum absolute atomic E-state index is 0.0470. The molecule has 4 nitrogen and oxygen atoms in total. The van der Waals surface area contributed by atoms with E-state index in [1.165, 1.54) is 0 Å². The monoisotopic (exact) mass is 277 g/mol. The molecule has 1 saturated heterocycles. The van der Waals surface area contributed by atoms with Crippen LogP contribution in [0.1, 0.15) is 15.9 Å². The summed E-state index contributed by atoms with van der Waals surface area (Å²) in [4.78, 5) is 16.3. The van der Waals surface area contributed by atoms with Crippen molar-refractivity contribution in [1.29, 1.82) is 5.26 Å². The van der Waals surface area contributed by atoms with Gasteiger partial charge in [0.25, 0.3) is 5.91 Å². The Morgan fingerprint density at radius 2 is 2.05 bits per heavy atom. The predicted molar refractivity (Wildman–Crippen MR) is 74.1 cm³/mol. The minimum Gasteiger partial charge on any atom is -0.336 e. The number of hydrogen-bond donors (Lipinski definition) is 0. The lowest BCUT2D eigenvalue weighted by atomic mass is 10.1. The number of piperazine rings is 1. The number of benzene rings is 1. The molecule has 0 atom stereocenters. The average molecular weight is 278 g/mol. The quantitative estimate of drug-likeness (QED) is 0.776. The van der Waals surface area contributed by atoms with Crippen LogP contribution < -0.4 is 0 Å². The molecule has 0 N–H and O–H groups in total. The van der Waals surface area contributed by atoms with Crippen molar-refractivity contribution >= 4 is 17.5 Å². The van der Waals surface area contributed by atoms with Gasteiger partial charge in [-0.2, -0.15) is 5.26 Å². The van der Waals surface area contributed by atoms with E-state index in [2.05, 4.69) is 11.0 Å². The lowest BCUT2D eigenvalue weighted by Gasteiger charge is -2.33. The standard InChI is InChI=1S/C14H16ClN3O/c1-11-10-12(15)2-3-13(11)14(19)18-8-6-17(5-4-16)7-9-18/h2-3,10H,5-9H2,1H3. The molecule has 0 unspecified atom stereocenters. The van der Waals surface area contributed by atoms with Gasteiger partial charge in [0.1, 0.15) is 0 Å². The van der Waals surface area contributed by atoms with Gasteiger partial charge in [-0.25, -0.2) is 0 Å². The highest BCUT2D eigenvalue weighted by atomic mass is 35.5. The smallest absolute Gasteiger partial charge is 0.254 e. The van der Waals surface area contributed by atoms with Crippen LogP contribution in [0.5, 0.6) is 0 Å². The van der Waals surface area contributed by atoms with Crippen molar-refractivity contribution in [2.45, 2.75) is 6.92 Å². The zero-order valence-electron chi connectivity index (χ0n) is 10.9. The molecule has 19 heavy (non-hydrogen) atoms. The van der Waals surface area contributed by atoms with Gasteiger partial charge < -0.3 is 4.90 Å². The first-order valence-electron chi connectivity index (χ1n) is 6.26. The third-order valence-electron chi connectivity index (χ3n) is 3.37. The van der Waals surface area contributed by atoms with Crippen LogP contribution in [0.3, 0.4) is 0 Å². The van der Waals surface area contributed by atoms with Gasteiger partial charge in [0.15, 0.2) is 0 Å². The van der Waals surface area contributed by atoms with E-state index in [4.69, 9.17) is 16.9 Å². The van der Waals surface area contributed by atoms with Gasteiger partial charge in [-0.15, -0.1) is 0 Å². The second kappa shape index (κ2) is 6.05. The fraction of sp³-hybridized carbons (Fsp3) is 0.429. The van der Waals surface area contributed by atoms with E-state index >= 15 is 0 Å². The summed E-state index contributed by atoms with van der Waals surface area (Å²) in [5, 5.41) is 9.30. The molecule has 0 saturated carbocycles. The number of hydrogen-bond acceptors (Lipinski definition) is 3. The SMILES string of the molecule is Cc1cc(Cl)ccc1C(=O)N1CCN(CC#N)CC1. The van der Waals surface area contributed by atoms with Crippen LogP contribution in [-0.4, -0.2) is 48.4 Å². The number of nitrogens with zero attached hydrogens (tertiary/aromatic N) is 3. The van der Waals surface area contributed by atoms with Crippen molar-refractivity contribution in [2.24, 2.45) is 0 Å². The molecule has 0 aliphatic carbocycles. The van der Waals surface area contributed by atoms with Crippen molar-refractivity contribution in [2.75, 3.05) is 32.7 Å². The second-order valence-electron chi connectivity index (χ2n) is 4.69. The summed E-state index contributed by atoms with van der Waals surface area (Å²) in [7, 11) is 0. The van der Waals surface area contributed by atoms with E-state index in [9.17, 15) is 4.79 Å².